The number of nitrogens with one attached hydrogen (secondary N) is 1. The van der Waals surface area contributed by atoms with Gasteiger partial charge in [0.05, 0.1) is 0 Å². The lowest BCUT2D eigenvalue weighted by Crippen LogP contribution is -2.11. The van der Waals surface area contributed by atoms with Crippen molar-refractivity contribution in [2.75, 3.05) is 20.2 Å². The predicted molar refractivity (Wildman–Crippen MR) is 61.5 cm³/mol. The highest BCUT2D eigenvalue weighted by atomic mass is 16.5. The first-order valence-electron chi connectivity index (χ1n) is 6.43. The Labute approximate surface area is 101 Å². The average molecular weight is 237 g/mol. The van der Waals surface area contributed by atoms with Crippen LogP contribution in [0.25, 0.3) is 0 Å². The van der Waals surface area contributed by atoms with Crippen LogP contribution in [0, 0.1) is 11.8 Å². The van der Waals surface area contributed by atoms with Crippen LogP contribution in [0.1, 0.15) is 37.1 Å². The molecule has 1 aliphatic carbocycles. The van der Waals surface area contributed by atoms with Gasteiger partial charge in [0.1, 0.15) is 6.10 Å². The molecule has 17 heavy (non-hydrogen) atoms. The van der Waals surface area contributed by atoms with E-state index in [-0.39, 0.29) is 6.10 Å². The molecule has 2 atom stereocenters. The summed E-state index contributed by atoms with van der Waals surface area (Å²) >= 11 is 0. The molecule has 2 aliphatic rings. The maximum Gasteiger partial charge on any atom is 0.227 e. The van der Waals surface area contributed by atoms with Gasteiger partial charge in [-0.05, 0) is 44.2 Å². The second-order valence-corrected chi connectivity index (χ2v) is 5.10. The summed E-state index contributed by atoms with van der Waals surface area (Å²) in [7, 11) is 1.72. The smallest absolute Gasteiger partial charge is 0.227 e. The number of nitrogens with zero attached hydrogens (tertiary/aromatic N) is 2. The lowest BCUT2D eigenvalue weighted by Gasteiger charge is -2.08. The highest BCUT2D eigenvalue weighted by Gasteiger charge is 2.35. The van der Waals surface area contributed by atoms with Crippen LogP contribution in [0.4, 0.5) is 0 Å². The van der Waals surface area contributed by atoms with Crippen molar-refractivity contribution in [2.24, 2.45) is 11.8 Å². The molecule has 94 valence electrons. The highest BCUT2D eigenvalue weighted by Crippen LogP contribution is 2.41. The molecule has 5 heteroatoms. The zero-order valence-electron chi connectivity index (χ0n) is 10.2. The van der Waals surface area contributed by atoms with Crippen LogP contribution < -0.4 is 5.32 Å². The number of rotatable bonds is 5. The molecule has 0 spiro atoms. The average Bonchev–Trinajstić information content (AvgIpc) is 2.86. The molecule has 2 fully saturated rings. The number of aromatic nitrogens is 2. The molecule has 0 aromatic carbocycles. The van der Waals surface area contributed by atoms with Crippen molar-refractivity contribution in [1.29, 1.82) is 0 Å². The molecule has 1 aliphatic heterocycles. The Kier molecular flexibility index (Phi) is 3.11. The fraction of sp³-hybridized carbons (Fsp3) is 0.833. The van der Waals surface area contributed by atoms with E-state index in [9.17, 15) is 0 Å². The highest BCUT2D eigenvalue weighted by molar-refractivity contribution is 4.99. The van der Waals surface area contributed by atoms with Gasteiger partial charge in [-0.1, -0.05) is 5.16 Å². The van der Waals surface area contributed by atoms with E-state index in [1.54, 1.807) is 7.11 Å². The van der Waals surface area contributed by atoms with Crippen molar-refractivity contribution in [3.8, 4) is 0 Å². The van der Waals surface area contributed by atoms with E-state index in [1.165, 1.54) is 19.3 Å². The second kappa shape index (κ2) is 4.74. The van der Waals surface area contributed by atoms with Gasteiger partial charge in [0, 0.05) is 13.5 Å². The van der Waals surface area contributed by atoms with Crippen LogP contribution in [-0.2, 0) is 11.2 Å². The Morgan fingerprint density at radius 2 is 2.35 bits per heavy atom. The van der Waals surface area contributed by atoms with Crippen molar-refractivity contribution < 1.29 is 9.26 Å². The van der Waals surface area contributed by atoms with Crippen molar-refractivity contribution in [3.63, 3.8) is 0 Å². The van der Waals surface area contributed by atoms with Gasteiger partial charge >= 0.3 is 0 Å². The minimum absolute atomic E-state index is 0.0363. The second-order valence-electron chi connectivity index (χ2n) is 5.10. The maximum absolute atomic E-state index is 5.45. The van der Waals surface area contributed by atoms with E-state index >= 15 is 0 Å². The Balaban J connectivity index is 1.64. The lowest BCUT2D eigenvalue weighted by molar-refractivity contribution is 0.0751. The van der Waals surface area contributed by atoms with E-state index in [4.69, 9.17) is 9.26 Å². The summed E-state index contributed by atoms with van der Waals surface area (Å²) < 4.78 is 10.8. The number of methoxy groups -OCH3 is 1. The van der Waals surface area contributed by atoms with Crippen LogP contribution in [0.2, 0.25) is 0 Å². The summed E-state index contributed by atoms with van der Waals surface area (Å²) in [5.41, 5.74) is 0. The summed E-state index contributed by atoms with van der Waals surface area (Å²) in [5, 5.41) is 7.41. The molecule has 1 saturated carbocycles. The van der Waals surface area contributed by atoms with E-state index in [2.05, 4.69) is 15.5 Å². The first kappa shape index (κ1) is 11.2. The zero-order chi connectivity index (χ0) is 11.7. The van der Waals surface area contributed by atoms with Gasteiger partial charge in [-0.2, -0.15) is 4.98 Å². The van der Waals surface area contributed by atoms with Crippen LogP contribution in [0.3, 0.4) is 0 Å². The van der Waals surface area contributed by atoms with Gasteiger partial charge < -0.3 is 14.6 Å². The summed E-state index contributed by atoms with van der Waals surface area (Å²) in [6.45, 7) is 2.17. The normalized spacial score (nSPS) is 26.3. The fourth-order valence-electron chi connectivity index (χ4n) is 2.51. The fourth-order valence-corrected chi connectivity index (χ4v) is 2.51. The molecule has 1 N–H and O–H groups in total. The van der Waals surface area contributed by atoms with Gasteiger partial charge in [-0.3, -0.25) is 0 Å². The molecule has 5 nitrogen and oxygen atoms in total. The Morgan fingerprint density at radius 1 is 1.47 bits per heavy atom. The molecule has 2 unspecified atom stereocenters. The predicted octanol–water partition coefficient (Wildman–Crippen LogP) is 1.32. The standard InChI is InChI=1S/C12H19N3O2/c1-16-11(9-2-3-9)12-14-10(17-15-12)6-8-4-5-13-7-8/h8-9,11,13H,2-7H2,1H3. The molecule has 0 amide bonds. The van der Waals surface area contributed by atoms with Crippen molar-refractivity contribution in [1.82, 2.24) is 15.5 Å². The quantitative estimate of drug-likeness (QED) is 0.837. The van der Waals surface area contributed by atoms with E-state index < -0.39 is 0 Å². The Bertz CT molecular complexity index is 370. The van der Waals surface area contributed by atoms with E-state index in [0.29, 0.717) is 11.8 Å². The molecule has 1 aromatic rings. The third-order valence-corrected chi connectivity index (χ3v) is 3.67. The Morgan fingerprint density at radius 3 is 3.00 bits per heavy atom. The molecule has 1 aromatic heterocycles. The van der Waals surface area contributed by atoms with Crippen LogP contribution in [0.15, 0.2) is 4.52 Å². The molecule has 2 heterocycles. The summed E-state index contributed by atoms with van der Waals surface area (Å²) in [6, 6.07) is 0. The topological polar surface area (TPSA) is 60.2 Å². The van der Waals surface area contributed by atoms with Gasteiger partial charge in [0.2, 0.25) is 11.7 Å². The monoisotopic (exact) mass is 237 g/mol. The molecular formula is C12H19N3O2. The SMILES string of the molecule is COC(c1noc(CC2CCNC2)n1)C1CC1. The number of ether oxygens (including phenoxy) is 1. The summed E-state index contributed by atoms with van der Waals surface area (Å²) in [4.78, 5) is 4.48. The largest absolute Gasteiger partial charge is 0.373 e. The first-order valence-corrected chi connectivity index (χ1v) is 6.43. The van der Waals surface area contributed by atoms with Gasteiger partial charge in [0.25, 0.3) is 0 Å². The molecule has 1 saturated heterocycles. The molecular weight excluding hydrogens is 218 g/mol. The minimum atomic E-state index is 0.0363. The van der Waals surface area contributed by atoms with Crippen molar-refractivity contribution >= 4 is 0 Å². The molecule has 0 radical (unpaired) electrons. The van der Waals surface area contributed by atoms with Crippen molar-refractivity contribution in [3.05, 3.63) is 11.7 Å². The summed E-state index contributed by atoms with van der Waals surface area (Å²) in [6.07, 6.45) is 4.56. The molecule has 0 bridgehead atoms. The van der Waals surface area contributed by atoms with Crippen LogP contribution in [-0.4, -0.2) is 30.3 Å². The van der Waals surface area contributed by atoms with E-state index in [1.807, 2.05) is 0 Å². The number of hydrogen-bond donors (Lipinski definition) is 1. The minimum Gasteiger partial charge on any atom is -0.373 e. The van der Waals surface area contributed by atoms with Crippen LogP contribution >= 0.6 is 0 Å². The molecule has 3 rings (SSSR count). The third kappa shape index (κ3) is 2.50. The van der Waals surface area contributed by atoms with Gasteiger partial charge in [0.15, 0.2) is 0 Å². The summed E-state index contributed by atoms with van der Waals surface area (Å²) in [5.74, 6) is 2.73. The van der Waals surface area contributed by atoms with Gasteiger partial charge in [-0.25, -0.2) is 0 Å². The van der Waals surface area contributed by atoms with Crippen LogP contribution in [0.5, 0.6) is 0 Å². The zero-order valence-corrected chi connectivity index (χ0v) is 10.2. The van der Waals surface area contributed by atoms with E-state index in [0.717, 1.165) is 31.2 Å². The Hall–Kier alpha value is -0.940. The lowest BCUT2D eigenvalue weighted by atomic mass is 10.1. The number of hydrogen-bond acceptors (Lipinski definition) is 5. The third-order valence-electron chi connectivity index (χ3n) is 3.67. The van der Waals surface area contributed by atoms with Crippen molar-refractivity contribution in [2.45, 2.75) is 31.8 Å². The first-order chi connectivity index (χ1) is 8.36. The maximum atomic E-state index is 5.45. The van der Waals surface area contributed by atoms with Gasteiger partial charge in [-0.15, -0.1) is 0 Å².